The van der Waals surface area contributed by atoms with Gasteiger partial charge in [0.15, 0.2) is 6.61 Å². The molecule has 25 heavy (non-hydrogen) atoms. The van der Waals surface area contributed by atoms with Crippen molar-refractivity contribution in [3.63, 3.8) is 0 Å². The summed E-state index contributed by atoms with van der Waals surface area (Å²) < 4.78 is 6.67. The summed E-state index contributed by atoms with van der Waals surface area (Å²) >= 11 is 2.21. The zero-order valence-electron chi connectivity index (χ0n) is 14.2. The van der Waals surface area contributed by atoms with Gasteiger partial charge >= 0.3 is 0 Å². The summed E-state index contributed by atoms with van der Waals surface area (Å²) in [6.45, 7) is 1.95. The maximum atomic E-state index is 12.7. The summed E-state index contributed by atoms with van der Waals surface area (Å²) in [4.78, 5) is 26.2. The predicted molar refractivity (Wildman–Crippen MR) is 105 cm³/mol. The molecule has 1 N–H and O–H groups in total. The third-order valence-corrected chi connectivity index (χ3v) is 4.50. The number of carbonyl (C=O) groups excluding carboxylic acids is 2. The van der Waals surface area contributed by atoms with Gasteiger partial charge < -0.3 is 15.0 Å². The highest BCUT2D eigenvalue weighted by atomic mass is 127. The van der Waals surface area contributed by atoms with Crippen LogP contribution in [-0.2, 0) is 16.1 Å². The first-order valence-electron chi connectivity index (χ1n) is 7.94. The van der Waals surface area contributed by atoms with Crippen molar-refractivity contribution in [2.75, 3.05) is 13.7 Å². The van der Waals surface area contributed by atoms with Crippen LogP contribution in [0.2, 0.25) is 0 Å². The van der Waals surface area contributed by atoms with E-state index in [-0.39, 0.29) is 18.4 Å². The molecule has 132 valence electrons. The number of benzene rings is 2. The number of nitrogens with one attached hydrogen (secondary N) is 1. The average Bonchev–Trinajstić information content (AvgIpc) is 2.65. The van der Waals surface area contributed by atoms with Crippen LogP contribution in [0.15, 0.2) is 54.6 Å². The molecule has 0 saturated heterocycles. The molecule has 0 radical (unpaired) electrons. The highest BCUT2D eigenvalue weighted by Gasteiger charge is 2.25. The molecule has 2 amide bonds. The van der Waals surface area contributed by atoms with Crippen molar-refractivity contribution in [2.24, 2.45) is 0 Å². The smallest absolute Gasteiger partial charge is 0.261 e. The molecular weight excluding hydrogens is 431 g/mol. The van der Waals surface area contributed by atoms with E-state index in [2.05, 4.69) is 27.9 Å². The lowest BCUT2D eigenvalue weighted by Crippen LogP contribution is -2.48. The molecule has 0 spiro atoms. The standard InChI is InChI=1S/C19H21IN2O3/c1-14(19(24)21-2)22(12-15-6-4-3-5-7-15)18(23)13-25-17-10-8-16(20)9-11-17/h3-11,14H,12-13H2,1-2H3,(H,21,24)/t14-/m1/s1. The van der Waals surface area contributed by atoms with Gasteiger partial charge in [0, 0.05) is 17.2 Å². The number of hydrogen-bond donors (Lipinski definition) is 1. The van der Waals surface area contributed by atoms with Gasteiger partial charge in [-0.05, 0) is 59.3 Å². The summed E-state index contributed by atoms with van der Waals surface area (Å²) in [5, 5.41) is 2.59. The minimum Gasteiger partial charge on any atom is -0.484 e. The fraction of sp³-hybridized carbons (Fsp3) is 0.263. The molecule has 0 aliphatic rings. The van der Waals surface area contributed by atoms with Gasteiger partial charge in [0.25, 0.3) is 5.91 Å². The molecule has 2 aromatic rings. The molecular formula is C19H21IN2O3. The van der Waals surface area contributed by atoms with Crippen LogP contribution in [0.3, 0.4) is 0 Å². The summed E-state index contributed by atoms with van der Waals surface area (Å²) in [5.74, 6) is 0.179. The van der Waals surface area contributed by atoms with Crippen LogP contribution < -0.4 is 10.1 Å². The molecule has 0 aliphatic carbocycles. The van der Waals surface area contributed by atoms with Crippen LogP contribution in [0.25, 0.3) is 0 Å². The molecule has 0 unspecified atom stereocenters. The normalized spacial score (nSPS) is 11.5. The van der Waals surface area contributed by atoms with Crippen molar-refractivity contribution in [1.82, 2.24) is 10.2 Å². The van der Waals surface area contributed by atoms with Gasteiger partial charge in [-0.2, -0.15) is 0 Å². The molecule has 2 rings (SSSR count). The number of halogens is 1. The summed E-state index contributed by atoms with van der Waals surface area (Å²) in [6.07, 6.45) is 0. The van der Waals surface area contributed by atoms with Crippen molar-refractivity contribution in [2.45, 2.75) is 19.5 Å². The van der Waals surface area contributed by atoms with Gasteiger partial charge in [-0.15, -0.1) is 0 Å². The Labute approximate surface area is 161 Å². The maximum Gasteiger partial charge on any atom is 0.261 e. The Balaban J connectivity index is 2.08. The van der Waals surface area contributed by atoms with E-state index in [1.165, 1.54) is 4.90 Å². The monoisotopic (exact) mass is 452 g/mol. The molecule has 2 aromatic carbocycles. The van der Waals surface area contributed by atoms with Gasteiger partial charge in [0.2, 0.25) is 5.91 Å². The van der Waals surface area contributed by atoms with Crippen LogP contribution in [0.5, 0.6) is 5.75 Å². The van der Waals surface area contributed by atoms with Crippen molar-refractivity contribution in [3.8, 4) is 5.75 Å². The van der Waals surface area contributed by atoms with Gasteiger partial charge in [0.1, 0.15) is 11.8 Å². The number of rotatable bonds is 7. The molecule has 6 heteroatoms. The Morgan fingerprint density at radius 2 is 1.76 bits per heavy atom. The first-order chi connectivity index (χ1) is 12.0. The van der Waals surface area contributed by atoms with Gasteiger partial charge in [-0.25, -0.2) is 0 Å². The van der Waals surface area contributed by atoms with Crippen molar-refractivity contribution >= 4 is 34.4 Å². The number of likely N-dealkylation sites (N-methyl/N-ethyl adjacent to an activating group) is 1. The predicted octanol–water partition coefficient (Wildman–Crippen LogP) is 2.83. The number of carbonyl (C=O) groups is 2. The van der Waals surface area contributed by atoms with Crippen molar-refractivity contribution in [3.05, 3.63) is 63.7 Å². The fourth-order valence-electron chi connectivity index (χ4n) is 2.33. The Morgan fingerprint density at radius 1 is 1.12 bits per heavy atom. The second-order valence-corrected chi connectivity index (χ2v) is 6.79. The van der Waals surface area contributed by atoms with E-state index in [1.54, 1.807) is 14.0 Å². The van der Waals surface area contributed by atoms with Crippen LogP contribution in [-0.4, -0.2) is 36.4 Å². The lowest BCUT2D eigenvalue weighted by atomic mass is 10.1. The Kier molecular flexibility index (Phi) is 7.24. The van der Waals surface area contributed by atoms with Crippen LogP contribution in [0.1, 0.15) is 12.5 Å². The van der Waals surface area contributed by atoms with E-state index in [1.807, 2.05) is 54.6 Å². The highest BCUT2D eigenvalue weighted by Crippen LogP contribution is 2.15. The number of hydrogen-bond acceptors (Lipinski definition) is 3. The SMILES string of the molecule is CNC(=O)[C@@H](C)N(Cc1ccccc1)C(=O)COc1ccc(I)cc1. The Morgan fingerprint density at radius 3 is 2.36 bits per heavy atom. The molecule has 5 nitrogen and oxygen atoms in total. The quantitative estimate of drug-likeness (QED) is 0.658. The van der Waals surface area contributed by atoms with E-state index in [4.69, 9.17) is 4.74 Å². The van der Waals surface area contributed by atoms with Crippen LogP contribution in [0.4, 0.5) is 0 Å². The van der Waals surface area contributed by atoms with E-state index in [9.17, 15) is 9.59 Å². The minimum atomic E-state index is -0.585. The zero-order valence-corrected chi connectivity index (χ0v) is 16.4. The Hall–Kier alpha value is -2.09. The molecule has 0 aromatic heterocycles. The number of ether oxygens (including phenoxy) is 1. The van der Waals surface area contributed by atoms with Crippen LogP contribution in [0, 0.1) is 3.57 Å². The third-order valence-electron chi connectivity index (χ3n) is 3.79. The topological polar surface area (TPSA) is 58.6 Å². The van der Waals surface area contributed by atoms with E-state index in [0.29, 0.717) is 12.3 Å². The van der Waals surface area contributed by atoms with Gasteiger partial charge in [0.05, 0.1) is 0 Å². The molecule has 0 fully saturated rings. The van der Waals surface area contributed by atoms with E-state index >= 15 is 0 Å². The Bertz CT molecular complexity index is 704. The summed E-state index contributed by atoms with van der Waals surface area (Å²) in [5.41, 5.74) is 0.959. The first-order valence-corrected chi connectivity index (χ1v) is 9.02. The summed E-state index contributed by atoms with van der Waals surface area (Å²) in [6, 6.07) is 16.5. The minimum absolute atomic E-state index is 0.116. The van der Waals surface area contributed by atoms with E-state index < -0.39 is 6.04 Å². The lowest BCUT2D eigenvalue weighted by molar-refractivity contribution is -0.142. The first kappa shape index (κ1) is 19.2. The van der Waals surface area contributed by atoms with Crippen molar-refractivity contribution in [1.29, 1.82) is 0 Å². The van der Waals surface area contributed by atoms with Crippen LogP contribution >= 0.6 is 22.6 Å². The summed E-state index contributed by atoms with van der Waals surface area (Å²) in [7, 11) is 1.56. The molecule has 0 heterocycles. The number of nitrogens with zero attached hydrogens (tertiary/aromatic N) is 1. The van der Waals surface area contributed by atoms with Gasteiger partial charge in [-0.1, -0.05) is 30.3 Å². The molecule has 0 bridgehead atoms. The molecule has 0 aliphatic heterocycles. The third kappa shape index (κ3) is 5.74. The zero-order chi connectivity index (χ0) is 18.2. The number of amides is 2. The van der Waals surface area contributed by atoms with Crippen molar-refractivity contribution < 1.29 is 14.3 Å². The molecule has 0 saturated carbocycles. The van der Waals surface area contributed by atoms with E-state index in [0.717, 1.165) is 9.13 Å². The highest BCUT2D eigenvalue weighted by molar-refractivity contribution is 14.1. The largest absolute Gasteiger partial charge is 0.484 e. The molecule has 1 atom stereocenters. The second kappa shape index (κ2) is 9.41. The second-order valence-electron chi connectivity index (χ2n) is 5.54. The maximum absolute atomic E-state index is 12.7. The van der Waals surface area contributed by atoms with Gasteiger partial charge in [-0.3, -0.25) is 9.59 Å². The lowest BCUT2D eigenvalue weighted by Gasteiger charge is -2.28. The fourth-order valence-corrected chi connectivity index (χ4v) is 2.69. The average molecular weight is 452 g/mol.